The predicted molar refractivity (Wildman–Crippen MR) is 84.9 cm³/mol. The van der Waals surface area contributed by atoms with Crippen molar-refractivity contribution in [2.24, 2.45) is 5.92 Å². The molecule has 3 atom stereocenters. The van der Waals surface area contributed by atoms with Crippen LogP contribution in [0.25, 0.3) is 0 Å². The largest absolute Gasteiger partial charge is 0.466 e. The van der Waals surface area contributed by atoms with Crippen LogP contribution in [0.15, 0.2) is 11.6 Å². The highest BCUT2D eigenvalue weighted by atomic mass is 16.6. The van der Waals surface area contributed by atoms with E-state index in [4.69, 9.17) is 18.9 Å². The Morgan fingerprint density at radius 1 is 1.30 bits per heavy atom. The van der Waals surface area contributed by atoms with Crippen LogP contribution in [-0.2, 0) is 28.5 Å². The van der Waals surface area contributed by atoms with Crippen molar-refractivity contribution in [3.8, 4) is 0 Å². The topological polar surface area (TPSA) is 71.1 Å². The number of hydrogen-bond acceptors (Lipinski definition) is 6. The van der Waals surface area contributed by atoms with E-state index in [0.717, 1.165) is 18.8 Å². The molecule has 0 amide bonds. The van der Waals surface area contributed by atoms with Crippen molar-refractivity contribution in [2.75, 3.05) is 26.9 Å². The molecule has 132 valence electrons. The number of rotatable bonds is 4. The van der Waals surface area contributed by atoms with Crippen LogP contribution < -0.4 is 0 Å². The van der Waals surface area contributed by atoms with E-state index >= 15 is 0 Å². The fourth-order valence-electron chi connectivity index (χ4n) is 2.69. The van der Waals surface area contributed by atoms with Gasteiger partial charge in [-0.25, -0.2) is 0 Å². The molecule has 1 fully saturated rings. The molecule has 23 heavy (non-hydrogen) atoms. The van der Waals surface area contributed by atoms with Gasteiger partial charge in [0.15, 0.2) is 0 Å². The van der Waals surface area contributed by atoms with Crippen LogP contribution in [0.5, 0.6) is 0 Å². The third-order valence-corrected chi connectivity index (χ3v) is 3.70. The van der Waals surface area contributed by atoms with Crippen molar-refractivity contribution in [2.45, 2.75) is 52.2 Å². The molecule has 0 bridgehead atoms. The molecule has 2 aliphatic rings. The molecule has 2 rings (SSSR count). The average Bonchev–Trinajstić information content (AvgIpc) is 3.05. The molecule has 1 aliphatic heterocycles. The highest BCUT2D eigenvalue weighted by Gasteiger charge is 2.41. The minimum absolute atomic E-state index is 0.293. The van der Waals surface area contributed by atoms with Crippen molar-refractivity contribution in [3.63, 3.8) is 0 Å². The predicted octanol–water partition coefficient (Wildman–Crippen LogP) is 2.26. The van der Waals surface area contributed by atoms with E-state index in [2.05, 4.69) is 0 Å². The van der Waals surface area contributed by atoms with E-state index in [1.54, 1.807) is 6.92 Å². The summed E-state index contributed by atoms with van der Waals surface area (Å²) in [5, 5.41) is 0. The maximum Gasteiger partial charge on any atom is 0.315 e. The Hall–Kier alpha value is -1.40. The summed E-state index contributed by atoms with van der Waals surface area (Å²) in [5.74, 6) is -1.39. The zero-order chi connectivity index (χ0) is 17.2. The summed E-state index contributed by atoms with van der Waals surface area (Å²) in [7, 11) is 1.52. The molecular formula is C17H28O6. The number of carbonyl (C=O) groups excluding carboxylic acids is 2. The first-order valence-corrected chi connectivity index (χ1v) is 8.11. The second kappa shape index (κ2) is 10.4. The second-order valence-corrected chi connectivity index (χ2v) is 5.66. The van der Waals surface area contributed by atoms with E-state index in [-0.39, 0.29) is 5.97 Å². The van der Waals surface area contributed by atoms with Crippen LogP contribution in [0.4, 0.5) is 0 Å². The van der Waals surface area contributed by atoms with Gasteiger partial charge in [0.05, 0.1) is 12.7 Å². The molecule has 0 aromatic carbocycles. The van der Waals surface area contributed by atoms with Gasteiger partial charge in [-0.1, -0.05) is 11.6 Å². The summed E-state index contributed by atoms with van der Waals surface area (Å²) >= 11 is 0. The lowest BCUT2D eigenvalue weighted by Gasteiger charge is -2.33. The van der Waals surface area contributed by atoms with Crippen LogP contribution in [0.2, 0.25) is 0 Å². The third-order valence-electron chi connectivity index (χ3n) is 3.70. The van der Waals surface area contributed by atoms with E-state index in [0.29, 0.717) is 13.0 Å². The number of ether oxygens (including phenoxy) is 4. The highest BCUT2D eigenvalue weighted by molar-refractivity contribution is 5.75. The Kier molecular flexibility index (Phi) is 8.87. The van der Waals surface area contributed by atoms with E-state index in [1.165, 1.54) is 26.9 Å². The maximum atomic E-state index is 11.9. The normalized spacial score (nSPS) is 26.6. The van der Waals surface area contributed by atoms with Crippen molar-refractivity contribution in [3.05, 3.63) is 11.6 Å². The lowest BCUT2D eigenvalue weighted by Crippen LogP contribution is -2.44. The quantitative estimate of drug-likeness (QED) is 0.582. The fourth-order valence-corrected chi connectivity index (χ4v) is 2.69. The number of esters is 2. The zero-order valence-electron chi connectivity index (χ0n) is 14.5. The standard InChI is InChI=1S/C13H20O5.C4H8O/c1-5-17-13(15)12-10(16-4)6-8(2)7-11(12)18-9(3)14;1-2-4-5-3-1/h6,10-12H,5,7H2,1-4H3;1-4H2. The molecule has 0 aromatic heterocycles. The first kappa shape index (κ1) is 19.6. The first-order valence-electron chi connectivity index (χ1n) is 8.11. The maximum absolute atomic E-state index is 11.9. The molecule has 0 radical (unpaired) electrons. The molecule has 3 unspecified atom stereocenters. The van der Waals surface area contributed by atoms with Crippen LogP contribution in [0, 0.1) is 5.92 Å². The fraction of sp³-hybridized carbons (Fsp3) is 0.765. The van der Waals surface area contributed by atoms with Gasteiger partial charge in [0.2, 0.25) is 0 Å². The van der Waals surface area contributed by atoms with Gasteiger partial charge in [-0.3, -0.25) is 9.59 Å². The van der Waals surface area contributed by atoms with Crippen molar-refractivity contribution in [1.82, 2.24) is 0 Å². The van der Waals surface area contributed by atoms with E-state index in [9.17, 15) is 9.59 Å². The monoisotopic (exact) mass is 328 g/mol. The minimum Gasteiger partial charge on any atom is -0.466 e. The van der Waals surface area contributed by atoms with Gasteiger partial charge in [-0.2, -0.15) is 0 Å². The summed E-state index contributed by atoms with van der Waals surface area (Å²) in [6, 6.07) is 0. The number of carbonyl (C=O) groups is 2. The summed E-state index contributed by atoms with van der Waals surface area (Å²) in [5.41, 5.74) is 1.04. The lowest BCUT2D eigenvalue weighted by atomic mass is 9.85. The molecule has 0 saturated carbocycles. The minimum atomic E-state index is -0.595. The van der Waals surface area contributed by atoms with E-state index in [1.807, 2.05) is 13.0 Å². The Morgan fingerprint density at radius 3 is 2.39 bits per heavy atom. The van der Waals surface area contributed by atoms with Gasteiger partial charge in [-0.15, -0.1) is 0 Å². The molecule has 0 N–H and O–H groups in total. The third kappa shape index (κ3) is 6.71. The highest BCUT2D eigenvalue weighted by Crippen LogP contribution is 2.29. The molecule has 1 aliphatic carbocycles. The summed E-state index contributed by atoms with van der Waals surface area (Å²) in [4.78, 5) is 23.0. The van der Waals surface area contributed by atoms with Gasteiger partial charge in [0.25, 0.3) is 0 Å². The number of methoxy groups -OCH3 is 1. The van der Waals surface area contributed by atoms with Gasteiger partial charge in [-0.05, 0) is 26.7 Å². The van der Waals surface area contributed by atoms with Crippen LogP contribution in [0.1, 0.15) is 40.0 Å². The second-order valence-electron chi connectivity index (χ2n) is 5.66. The van der Waals surface area contributed by atoms with Crippen LogP contribution >= 0.6 is 0 Å². The molecule has 0 spiro atoms. The van der Waals surface area contributed by atoms with E-state index < -0.39 is 24.1 Å². The first-order chi connectivity index (χ1) is 11.0. The smallest absolute Gasteiger partial charge is 0.315 e. The van der Waals surface area contributed by atoms with Gasteiger partial charge >= 0.3 is 11.9 Å². The van der Waals surface area contributed by atoms with Gasteiger partial charge in [0.1, 0.15) is 12.0 Å². The van der Waals surface area contributed by atoms with Crippen molar-refractivity contribution < 1.29 is 28.5 Å². The Bertz CT molecular complexity index is 406. The molecule has 1 heterocycles. The Labute approximate surface area is 138 Å². The van der Waals surface area contributed by atoms with Gasteiger partial charge in [0, 0.05) is 33.7 Å². The summed E-state index contributed by atoms with van der Waals surface area (Å²) in [6.07, 6.45) is 4.03. The summed E-state index contributed by atoms with van der Waals surface area (Å²) in [6.45, 7) is 7.29. The van der Waals surface area contributed by atoms with Gasteiger partial charge < -0.3 is 18.9 Å². The Balaban J connectivity index is 0.000000446. The SMILES string of the molecule is C1CCOC1.CCOC(=O)C1C(OC)C=C(C)CC1OC(C)=O. The lowest BCUT2D eigenvalue weighted by molar-refractivity contribution is -0.166. The molecule has 6 heteroatoms. The van der Waals surface area contributed by atoms with Crippen LogP contribution in [-0.4, -0.2) is 51.1 Å². The average molecular weight is 328 g/mol. The van der Waals surface area contributed by atoms with Crippen molar-refractivity contribution in [1.29, 1.82) is 0 Å². The van der Waals surface area contributed by atoms with Crippen molar-refractivity contribution >= 4 is 11.9 Å². The summed E-state index contributed by atoms with van der Waals surface area (Å²) < 4.78 is 20.5. The Morgan fingerprint density at radius 2 is 1.96 bits per heavy atom. The van der Waals surface area contributed by atoms with Crippen LogP contribution in [0.3, 0.4) is 0 Å². The molecule has 6 nitrogen and oxygen atoms in total. The molecule has 0 aromatic rings. The zero-order valence-corrected chi connectivity index (χ0v) is 14.5. The number of hydrogen-bond donors (Lipinski definition) is 0. The molecule has 1 saturated heterocycles. The molecular weight excluding hydrogens is 300 g/mol.